The van der Waals surface area contributed by atoms with E-state index in [-0.39, 0.29) is 15.8 Å². The summed E-state index contributed by atoms with van der Waals surface area (Å²) in [6.45, 7) is 4.35. The topological polar surface area (TPSA) is 92.3 Å². The summed E-state index contributed by atoms with van der Waals surface area (Å²) in [4.78, 5) is -0.0280. The first-order valence-electron chi connectivity index (χ1n) is 6.75. The third kappa shape index (κ3) is 3.75. The maximum Gasteiger partial charge on any atom is 0.242 e. The minimum atomic E-state index is -3.74. The molecule has 1 aliphatic rings. The average molecular weight is 332 g/mol. The Morgan fingerprint density at radius 3 is 2.33 bits per heavy atom. The molecular formula is C13H20N2O4S2. The lowest BCUT2D eigenvalue weighted by Crippen LogP contribution is -2.27. The first-order chi connectivity index (χ1) is 9.65. The standard InChI is InChI=1S/C13H20N2O4S2/c1-4-14-11-6-5-10(20(3,16)17)8-13(11)21(18,19)15-12-7-9(12)2/h5-6,8-9,12,14-15H,4,7H2,1-3H3. The lowest BCUT2D eigenvalue weighted by Gasteiger charge is -2.13. The fourth-order valence-corrected chi connectivity index (χ4v) is 4.33. The Bertz CT molecular complexity index is 741. The number of anilines is 1. The van der Waals surface area contributed by atoms with E-state index >= 15 is 0 Å². The summed E-state index contributed by atoms with van der Waals surface area (Å²) in [5.41, 5.74) is 0.408. The van der Waals surface area contributed by atoms with Gasteiger partial charge >= 0.3 is 0 Å². The molecule has 0 spiro atoms. The first-order valence-corrected chi connectivity index (χ1v) is 10.1. The highest BCUT2D eigenvalue weighted by molar-refractivity contribution is 7.91. The van der Waals surface area contributed by atoms with Gasteiger partial charge in [0.05, 0.1) is 10.6 Å². The van der Waals surface area contributed by atoms with E-state index in [0.29, 0.717) is 18.2 Å². The predicted octanol–water partition coefficient (Wildman–Crippen LogP) is 1.21. The highest BCUT2D eigenvalue weighted by Crippen LogP contribution is 2.32. The Kier molecular flexibility index (Phi) is 4.32. The van der Waals surface area contributed by atoms with Gasteiger partial charge in [-0.05, 0) is 37.5 Å². The van der Waals surface area contributed by atoms with Crippen molar-refractivity contribution in [3.05, 3.63) is 18.2 Å². The summed E-state index contributed by atoms with van der Waals surface area (Å²) in [7, 11) is -7.20. The molecule has 1 aliphatic carbocycles. The van der Waals surface area contributed by atoms with Crippen molar-refractivity contribution in [1.82, 2.24) is 4.72 Å². The van der Waals surface area contributed by atoms with E-state index in [2.05, 4.69) is 10.0 Å². The van der Waals surface area contributed by atoms with Crippen molar-refractivity contribution >= 4 is 25.5 Å². The molecule has 0 bridgehead atoms. The van der Waals surface area contributed by atoms with Crippen molar-refractivity contribution in [2.75, 3.05) is 18.1 Å². The summed E-state index contributed by atoms with van der Waals surface area (Å²) in [6.07, 6.45) is 1.86. The maximum absolute atomic E-state index is 12.5. The second-order valence-electron chi connectivity index (χ2n) is 5.40. The van der Waals surface area contributed by atoms with Gasteiger partial charge in [0.1, 0.15) is 4.90 Å². The van der Waals surface area contributed by atoms with Gasteiger partial charge in [0.2, 0.25) is 10.0 Å². The molecule has 2 rings (SSSR count). The van der Waals surface area contributed by atoms with Crippen LogP contribution in [0.4, 0.5) is 5.69 Å². The van der Waals surface area contributed by atoms with Crippen molar-refractivity contribution in [2.45, 2.75) is 36.1 Å². The quantitative estimate of drug-likeness (QED) is 0.817. The summed E-state index contributed by atoms with van der Waals surface area (Å²) in [5.74, 6) is 0.320. The highest BCUT2D eigenvalue weighted by Gasteiger charge is 2.37. The van der Waals surface area contributed by atoms with Crippen LogP contribution in [0.5, 0.6) is 0 Å². The predicted molar refractivity (Wildman–Crippen MR) is 81.6 cm³/mol. The zero-order valence-electron chi connectivity index (χ0n) is 12.3. The lowest BCUT2D eigenvalue weighted by atomic mass is 10.3. The Morgan fingerprint density at radius 2 is 1.86 bits per heavy atom. The van der Waals surface area contributed by atoms with Gasteiger partial charge in [-0.15, -0.1) is 0 Å². The van der Waals surface area contributed by atoms with Gasteiger partial charge in [0.15, 0.2) is 9.84 Å². The molecular weight excluding hydrogens is 312 g/mol. The Balaban J connectivity index is 2.47. The summed E-state index contributed by atoms with van der Waals surface area (Å²) < 4.78 is 50.8. The molecule has 0 heterocycles. The van der Waals surface area contributed by atoms with Crippen molar-refractivity contribution in [2.24, 2.45) is 5.92 Å². The van der Waals surface area contributed by atoms with Gasteiger partial charge in [0, 0.05) is 18.8 Å². The van der Waals surface area contributed by atoms with Crippen LogP contribution in [0.3, 0.4) is 0 Å². The molecule has 2 atom stereocenters. The SMILES string of the molecule is CCNc1ccc(S(C)(=O)=O)cc1S(=O)(=O)NC1CC1C. The molecule has 1 fully saturated rings. The van der Waals surface area contributed by atoms with Gasteiger partial charge in [-0.2, -0.15) is 0 Å². The van der Waals surface area contributed by atoms with Gasteiger partial charge in [-0.3, -0.25) is 0 Å². The van der Waals surface area contributed by atoms with Crippen LogP contribution in [0.15, 0.2) is 28.0 Å². The van der Waals surface area contributed by atoms with E-state index in [9.17, 15) is 16.8 Å². The number of rotatable bonds is 6. The minimum absolute atomic E-state index is 0.00614. The zero-order chi connectivity index (χ0) is 15.8. The van der Waals surface area contributed by atoms with Crippen LogP contribution in [0.25, 0.3) is 0 Å². The Hall–Kier alpha value is -1.12. The van der Waals surface area contributed by atoms with E-state index < -0.39 is 19.9 Å². The summed E-state index contributed by atoms with van der Waals surface area (Å²) in [6, 6.07) is 4.05. The number of hydrogen-bond donors (Lipinski definition) is 2. The molecule has 0 radical (unpaired) electrons. The lowest BCUT2D eigenvalue weighted by molar-refractivity contribution is 0.578. The number of hydrogen-bond acceptors (Lipinski definition) is 5. The van der Waals surface area contributed by atoms with Gasteiger partial charge < -0.3 is 5.32 Å². The highest BCUT2D eigenvalue weighted by atomic mass is 32.2. The van der Waals surface area contributed by atoms with Crippen LogP contribution < -0.4 is 10.0 Å². The Labute approximate surface area is 125 Å². The van der Waals surface area contributed by atoms with Crippen LogP contribution >= 0.6 is 0 Å². The molecule has 6 nitrogen and oxygen atoms in total. The van der Waals surface area contributed by atoms with E-state index in [1.807, 2.05) is 13.8 Å². The minimum Gasteiger partial charge on any atom is -0.384 e. The third-order valence-corrected chi connectivity index (χ3v) is 6.09. The maximum atomic E-state index is 12.5. The molecule has 8 heteroatoms. The van der Waals surface area contributed by atoms with Crippen LogP contribution in [0, 0.1) is 5.92 Å². The molecule has 1 aromatic carbocycles. The van der Waals surface area contributed by atoms with Crippen LogP contribution in [0.1, 0.15) is 20.3 Å². The Morgan fingerprint density at radius 1 is 1.24 bits per heavy atom. The van der Waals surface area contributed by atoms with Crippen molar-refractivity contribution in [3.63, 3.8) is 0 Å². The van der Waals surface area contributed by atoms with E-state index in [1.165, 1.54) is 18.2 Å². The third-order valence-electron chi connectivity index (χ3n) is 3.45. The monoisotopic (exact) mass is 332 g/mol. The molecule has 0 saturated heterocycles. The van der Waals surface area contributed by atoms with Gasteiger partial charge in [0.25, 0.3) is 0 Å². The molecule has 1 saturated carbocycles. The largest absolute Gasteiger partial charge is 0.384 e. The molecule has 21 heavy (non-hydrogen) atoms. The summed E-state index contributed by atoms with van der Waals surface area (Å²) >= 11 is 0. The molecule has 0 aliphatic heterocycles. The second-order valence-corrected chi connectivity index (χ2v) is 9.10. The number of nitrogens with one attached hydrogen (secondary N) is 2. The smallest absolute Gasteiger partial charge is 0.242 e. The van der Waals surface area contributed by atoms with E-state index in [1.54, 1.807) is 0 Å². The number of benzene rings is 1. The van der Waals surface area contributed by atoms with Crippen LogP contribution in [-0.4, -0.2) is 35.7 Å². The van der Waals surface area contributed by atoms with Crippen molar-refractivity contribution < 1.29 is 16.8 Å². The molecule has 2 unspecified atom stereocenters. The molecule has 0 aromatic heterocycles. The summed E-state index contributed by atoms with van der Waals surface area (Å²) in [5, 5.41) is 2.95. The fourth-order valence-electron chi connectivity index (χ4n) is 2.04. The average Bonchev–Trinajstić information content (AvgIpc) is 3.03. The number of sulfone groups is 1. The second kappa shape index (κ2) is 5.58. The van der Waals surface area contributed by atoms with E-state index in [4.69, 9.17) is 0 Å². The zero-order valence-corrected chi connectivity index (χ0v) is 13.9. The normalized spacial score (nSPS) is 22.0. The molecule has 1 aromatic rings. The number of sulfonamides is 1. The van der Waals surface area contributed by atoms with Crippen LogP contribution in [-0.2, 0) is 19.9 Å². The van der Waals surface area contributed by atoms with E-state index in [0.717, 1.165) is 12.7 Å². The molecule has 0 amide bonds. The van der Waals surface area contributed by atoms with Gasteiger partial charge in [-0.1, -0.05) is 6.92 Å². The van der Waals surface area contributed by atoms with Crippen molar-refractivity contribution in [3.8, 4) is 0 Å². The van der Waals surface area contributed by atoms with Crippen LogP contribution in [0.2, 0.25) is 0 Å². The first kappa shape index (κ1) is 16.3. The molecule has 118 valence electrons. The van der Waals surface area contributed by atoms with Gasteiger partial charge in [-0.25, -0.2) is 21.6 Å². The fraction of sp³-hybridized carbons (Fsp3) is 0.538. The molecule has 2 N–H and O–H groups in total. The van der Waals surface area contributed by atoms with Crippen molar-refractivity contribution in [1.29, 1.82) is 0 Å².